The molecular formula is C15H20N4OS. The van der Waals surface area contributed by atoms with E-state index in [-0.39, 0.29) is 5.60 Å². The third kappa shape index (κ3) is 2.69. The summed E-state index contributed by atoms with van der Waals surface area (Å²) in [6.45, 7) is 8.44. The van der Waals surface area contributed by atoms with E-state index in [2.05, 4.69) is 35.1 Å². The second kappa shape index (κ2) is 5.41. The molecule has 2 N–H and O–H groups in total. The Morgan fingerprint density at radius 2 is 2.00 bits per heavy atom. The molecule has 21 heavy (non-hydrogen) atoms. The van der Waals surface area contributed by atoms with Crippen molar-refractivity contribution in [2.45, 2.75) is 32.5 Å². The Labute approximate surface area is 129 Å². The van der Waals surface area contributed by atoms with Crippen LogP contribution in [0, 0.1) is 16.0 Å². The maximum absolute atomic E-state index is 9.44. The van der Waals surface area contributed by atoms with Crippen LogP contribution in [-0.4, -0.2) is 36.8 Å². The fraction of sp³-hybridized carbons (Fsp3) is 0.600. The van der Waals surface area contributed by atoms with Gasteiger partial charge < -0.3 is 19.9 Å². The number of nitrogens with one attached hydrogen (secondary N) is 2. The monoisotopic (exact) mass is 304 g/mol. The summed E-state index contributed by atoms with van der Waals surface area (Å²) in [7, 11) is 0. The number of aromatic amines is 1. The highest BCUT2D eigenvalue weighted by molar-refractivity contribution is 7.71. The molecule has 0 spiro atoms. The van der Waals surface area contributed by atoms with Crippen LogP contribution in [0.25, 0.3) is 0 Å². The Kier molecular flexibility index (Phi) is 3.74. The molecule has 0 atom stereocenters. The third-order valence-corrected chi connectivity index (χ3v) is 4.47. The Morgan fingerprint density at radius 1 is 1.29 bits per heavy atom. The van der Waals surface area contributed by atoms with Gasteiger partial charge in [0.15, 0.2) is 0 Å². The van der Waals surface area contributed by atoms with Gasteiger partial charge in [0.1, 0.15) is 16.5 Å². The molecule has 0 unspecified atom stereocenters. The van der Waals surface area contributed by atoms with Gasteiger partial charge in [0.05, 0.1) is 17.8 Å². The van der Waals surface area contributed by atoms with E-state index >= 15 is 0 Å². The summed E-state index contributed by atoms with van der Waals surface area (Å²) >= 11 is 5.41. The molecule has 3 rings (SSSR count). The second-order valence-electron chi connectivity index (χ2n) is 6.21. The van der Waals surface area contributed by atoms with Crippen molar-refractivity contribution in [1.29, 1.82) is 5.26 Å². The largest absolute Gasteiger partial charge is 0.370 e. The maximum atomic E-state index is 9.44. The summed E-state index contributed by atoms with van der Waals surface area (Å²) in [6, 6.07) is 2.27. The zero-order chi connectivity index (χ0) is 15.0. The van der Waals surface area contributed by atoms with Crippen molar-refractivity contribution in [3.05, 3.63) is 21.3 Å². The molecule has 6 heteroatoms. The van der Waals surface area contributed by atoms with E-state index in [1.165, 1.54) is 0 Å². The first-order chi connectivity index (χ1) is 10.0. The molecule has 0 amide bonds. The van der Waals surface area contributed by atoms with Crippen LogP contribution in [0.4, 0.5) is 5.82 Å². The lowest BCUT2D eigenvalue weighted by Gasteiger charge is -2.37. The van der Waals surface area contributed by atoms with E-state index in [0.29, 0.717) is 16.8 Å². The fourth-order valence-electron chi connectivity index (χ4n) is 3.05. The van der Waals surface area contributed by atoms with Crippen molar-refractivity contribution in [3.63, 3.8) is 0 Å². The van der Waals surface area contributed by atoms with E-state index < -0.39 is 0 Å². The first kappa shape index (κ1) is 14.5. The number of rotatable bonds is 1. The van der Waals surface area contributed by atoms with Gasteiger partial charge in [-0.3, -0.25) is 0 Å². The van der Waals surface area contributed by atoms with Crippen molar-refractivity contribution >= 4 is 18.0 Å². The van der Waals surface area contributed by atoms with Crippen molar-refractivity contribution in [3.8, 4) is 6.07 Å². The minimum absolute atomic E-state index is 0.248. The number of nitriles is 1. The summed E-state index contributed by atoms with van der Waals surface area (Å²) < 4.78 is 6.50. The number of fused-ring (bicyclic) bond motifs is 1. The molecule has 1 saturated heterocycles. The number of hydrogen-bond acceptors (Lipinski definition) is 5. The number of nitrogens with zero attached hydrogens (tertiary/aromatic N) is 2. The molecule has 5 nitrogen and oxygen atoms in total. The number of H-pyrrole nitrogens is 1. The summed E-state index contributed by atoms with van der Waals surface area (Å²) in [5.74, 6) is 1.03. The van der Waals surface area contributed by atoms with Crippen LogP contribution in [0.3, 0.4) is 0 Å². The lowest BCUT2D eigenvalue weighted by Crippen LogP contribution is -2.45. The summed E-state index contributed by atoms with van der Waals surface area (Å²) in [5.41, 5.74) is 2.52. The van der Waals surface area contributed by atoms with Gasteiger partial charge in [-0.2, -0.15) is 5.26 Å². The molecule has 1 fully saturated rings. The normalized spacial score (nSPS) is 20.7. The molecule has 0 aromatic carbocycles. The van der Waals surface area contributed by atoms with Crippen LogP contribution >= 0.6 is 12.2 Å². The highest BCUT2D eigenvalue weighted by Crippen LogP contribution is 2.35. The topological polar surface area (TPSA) is 64.1 Å². The lowest BCUT2D eigenvalue weighted by atomic mass is 9.89. The molecule has 0 radical (unpaired) electrons. The smallest absolute Gasteiger partial charge is 0.123 e. The van der Waals surface area contributed by atoms with Crippen LogP contribution < -0.4 is 10.2 Å². The Bertz CT molecular complexity index is 653. The quantitative estimate of drug-likeness (QED) is 0.776. The van der Waals surface area contributed by atoms with Crippen LogP contribution in [0.1, 0.15) is 30.5 Å². The van der Waals surface area contributed by atoms with Gasteiger partial charge in [-0.1, -0.05) is 12.2 Å². The Hall–Kier alpha value is -1.42. The molecule has 1 aromatic heterocycles. The van der Waals surface area contributed by atoms with E-state index in [4.69, 9.17) is 17.0 Å². The van der Waals surface area contributed by atoms with E-state index in [9.17, 15) is 5.26 Å². The Balaban J connectivity index is 2.13. The highest BCUT2D eigenvalue weighted by atomic mass is 32.1. The standard InChI is InChI=1S/C15H20N4OS/c1-15(2)7-10-11(8-16)14(21)18-13(12(10)9-20-15)19-5-3-17-4-6-19/h17H,3-7,9H2,1-2H3,(H,18,21). The molecule has 1 aromatic rings. The summed E-state index contributed by atoms with van der Waals surface area (Å²) in [5, 5.41) is 12.8. The highest BCUT2D eigenvalue weighted by Gasteiger charge is 2.31. The predicted molar refractivity (Wildman–Crippen MR) is 84.0 cm³/mol. The molecule has 0 aliphatic carbocycles. The predicted octanol–water partition coefficient (Wildman–Crippen LogP) is 1.88. The van der Waals surface area contributed by atoms with Crippen LogP contribution in [0.5, 0.6) is 0 Å². The van der Waals surface area contributed by atoms with Crippen molar-refractivity contribution in [2.24, 2.45) is 0 Å². The van der Waals surface area contributed by atoms with Gasteiger partial charge in [0.25, 0.3) is 0 Å². The van der Waals surface area contributed by atoms with Crippen LogP contribution in [0.15, 0.2) is 0 Å². The van der Waals surface area contributed by atoms with E-state index in [0.717, 1.165) is 49.5 Å². The average molecular weight is 304 g/mol. The zero-order valence-electron chi connectivity index (χ0n) is 12.5. The van der Waals surface area contributed by atoms with Gasteiger partial charge in [0, 0.05) is 38.2 Å². The molecule has 0 saturated carbocycles. The van der Waals surface area contributed by atoms with Gasteiger partial charge in [-0.05, 0) is 19.4 Å². The molecule has 112 valence electrons. The second-order valence-corrected chi connectivity index (χ2v) is 6.62. The fourth-order valence-corrected chi connectivity index (χ4v) is 3.31. The first-order valence-corrected chi connectivity index (χ1v) is 7.70. The minimum atomic E-state index is -0.248. The number of hydrogen-bond donors (Lipinski definition) is 2. The lowest BCUT2D eigenvalue weighted by molar-refractivity contribution is -0.0401. The van der Waals surface area contributed by atoms with E-state index in [1.54, 1.807) is 0 Å². The Morgan fingerprint density at radius 3 is 2.67 bits per heavy atom. The van der Waals surface area contributed by atoms with Crippen molar-refractivity contribution < 1.29 is 4.74 Å². The minimum Gasteiger partial charge on any atom is -0.370 e. The van der Waals surface area contributed by atoms with Gasteiger partial charge in [-0.15, -0.1) is 0 Å². The molecule has 0 bridgehead atoms. The molecule has 2 aliphatic rings. The van der Waals surface area contributed by atoms with E-state index in [1.807, 2.05) is 0 Å². The average Bonchev–Trinajstić information content (AvgIpc) is 2.46. The zero-order valence-corrected chi connectivity index (χ0v) is 13.3. The van der Waals surface area contributed by atoms with Gasteiger partial charge in [-0.25, -0.2) is 0 Å². The number of pyridine rings is 1. The third-order valence-electron chi connectivity index (χ3n) is 4.17. The van der Waals surface area contributed by atoms with Crippen LogP contribution in [-0.2, 0) is 17.8 Å². The number of piperazine rings is 1. The van der Waals surface area contributed by atoms with Crippen molar-refractivity contribution in [2.75, 3.05) is 31.1 Å². The van der Waals surface area contributed by atoms with Gasteiger partial charge >= 0.3 is 0 Å². The first-order valence-electron chi connectivity index (χ1n) is 7.29. The molecular weight excluding hydrogens is 284 g/mol. The summed E-state index contributed by atoms with van der Waals surface area (Å²) in [4.78, 5) is 5.56. The maximum Gasteiger partial charge on any atom is 0.123 e. The number of ether oxygens (including phenoxy) is 1. The van der Waals surface area contributed by atoms with Crippen molar-refractivity contribution in [1.82, 2.24) is 10.3 Å². The SMILES string of the molecule is CC1(C)Cc2c(c(N3CCNCC3)[nH]c(=S)c2C#N)CO1. The summed E-state index contributed by atoms with van der Waals surface area (Å²) in [6.07, 6.45) is 0.725. The molecule has 2 aliphatic heterocycles. The number of aromatic nitrogens is 1. The van der Waals surface area contributed by atoms with Crippen LogP contribution in [0.2, 0.25) is 0 Å². The molecule has 3 heterocycles. The number of anilines is 1. The van der Waals surface area contributed by atoms with Gasteiger partial charge in [0.2, 0.25) is 0 Å².